The van der Waals surface area contributed by atoms with Gasteiger partial charge in [-0.1, -0.05) is 17.7 Å². The molecule has 0 atom stereocenters. The molecule has 7 nitrogen and oxygen atoms in total. The van der Waals surface area contributed by atoms with Crippen LogP contribution in [0.2, 0.25) is 5.02 Å². The van der Waals surface area contributed by atoms with E-state index in [4.69, 9.17) is 11.6 Å². The largest absolute Gasteiger partial charge is 0.355 e. The summed E-state index contributed by atoms with van der Waals surface area (Å²) in [6.45, 7) is 1.95. The van der Waals surface area contributed by atoms with E-state index < -0.39 is 0 Å². The number of aromatic nitrogens is 3. The average molecular weight is 420 g/mol. The first-order valence-electron chi connectivity index (χ1n) is 9.17. The van der Waals surface area contributed by atoms with E-state index in [1.165, 1.54) is 23.2 Å². The number of fused-ring (bicyclic) bond motifs is 1. The van der Waals surface area contributed by atoms with E-state index in [-0.39, 0.29) is 17.2 Å². The summed E-state index contributed by atoms with van der Waals surface area (Å²) in [5.41, 5.74) is 3.88. The summed E-state index contributed by atoms with van der Waals surface area (Å²) in [4.78, 5) is 33.1. The van der Waals surface area contributed by atoms with E-state index in [1.807, 2.05) is 31.2 Å². The van der Waals surface area contributed by atoms with Crippen LogP contribution in [0.4, 0.5) is 17.1 Å². The molecule has 0 aliphatic heterocycles. The van der Waals surface area contributed by atoms with Crippen molar-refractivity contribution in [2.45, 2.75) is 6.92 Å². The van der Waals surface area contributed by atoms with E-state index in [0.29, 0.717) is 21.6 Å². The SMILES string of the molecule is Cc1ccc(NC(=O)c2cc(Cl)ccn2)cc1Nc1ccc2ncn(C)c(=O)c2c1. The maximum Gasteiger partial charge on any atom is 0.274 e. The second kappa shape index (κ2) is 7.96. The number of hydrogen-bond donors (Lipinski definition) is 2. The maximum atomic E-state index is 12.4. The Labute approximate surface area is 177 Å². The van der Waals surface area contributed by atoms with Crippen LogP contribution in [0.5, 0.6) is 0 Å². The summed E-state index contributed by atoms with van der Waals surface area (Å²) in [7, 11) is 1.67. The molecule has 4 rings (SSSR count). The third-order valence-electron chi connectivity index (χ3n) is 4.65. The molecule has 0 unspecified atom stereocenters. The van der Waals surface area contributed by atoms with Crippen LogP contribution < -0.4 is 16.2 Å². The van der Waals surface area contributed by atoms with E-state index in [0.717, 1.165) is 16.9 Å². The summed E-state index contributed by atoms with van der Waals surface area (Å²) in [5.74, 6) is -0.354. The molecule has 0 saturated carbocycles. The molecule has 0 fully saturated rings. The highest BCUT2D eigenvalue weighted by atomic mass is 35.5. The fraction of sp³-hybridized carbons (Fsp3) is 0.0909. The molecule has 2 aromatic carbocycles. The summed E-state index contributed by atoms with van der Waals surface area (Å²) in [5, 5.41) is 7.10. The van der Waals surface area contributed by atoms with Crippen LogP contribution >= 0.6 is 11.6 Å². The number of rotatable bonds is 4. The molecule has 30 heavy (non-hydrogen) atoms. The minimum Gasteiger partial charge on any atom is -0.355 e. The molecule has 8 heteroatoms. The second-order valence-corrected chi connectivity index (χ2v) is 7.30. The standard InChI is InChI=1S/C22H18ClN5O2/c1-13-3-4-16(27-21(29)20-9-14(23)7-8-24-20)11-19(13)26-15-5-6-18-17(10-15)22(30)28(2)12-25-18/h3-12,26H,1-2H3,(H,27,29). The van der Waals surface area contributed by atoms with Crippen molar-refractivity contribution in [3.05, 3.63) is 87.7 Å². The highest BCUT2D eigenvalue weighted by molar-refractivity contribution is 6.31. The Hall–Kier alpha value is -3.71. The highest BCUT2D eigenvalue weighted by Gasteiger charge is 2.10. The van der Waals surface area contributed by atoms with Gasteiger partial charge in [0.15, 0.2) is 0 Å². The normalized spacial score (nSPS) is 10.8. The van der Waals surface area contributed by atoms with Crippen LogP contribution in [-0.2, 0) is 7.05 Å². The van der Waals surface area contributed by atoms with Gasteiger partial charge in [0.25, 0.3) is 11.5 Å². The van der Waals surface area contributed by atoms with Crippen LogP contribution in [-0.4, -0.2) is 20.4 Å². The van der Waals surface area contributed by atoms with Crippen molar-refractivity contribution < 1.29 is 4.79 Å². The molecular weight excluding hydrogens is 402 g/mol. The lowest BCUT2D eigenvalue weighted by Crippen LogP contribution is -2.16. The predicted octanol–water partition coefficient (Wildman–Crippen LogP) is 4.29. The average Bonchev–Trinajstić information content (AvgIpc) is 2.73. The van der Waals surface area contributed by atoms with Gasteiger partial charge in [0.05, 0.1) is 17.2 Å². The lowest BCUT2D eigenvalue weighted by molar-refractivity contribution is 0.102. The lowest BCUT2D eigenvalue weighted by atomic mass is 10.1. The molecule has 0 saturated heterocycles. The van der Waals surface area contributed by atoms with Crippen LogP contribution in [0.1, 0.15) is 16.1 Å². The van der Waals surface area contributed by atoms with Crippen molar-refractivity contribution in [1.82, 2.24) is 14.5 Å². The van der Waals surface area contributed by atoms with E-state index in [9.17, 15) is 9.59 Å². The number of hydrogen-bond acceptors (Lipinski definition) is 5. The summed E-state index contributed by atoms with van der Waals surface area (Å²) in [6.07, 6.45) is 2.99. The molecule has 2 aromatic heterocycles. The van der Waals surface area contributed by atoms with Gasteiger partial charge in [-0.25, -0.2) is 4.98 Å². The predicted molar refractivity (Wildman–Crippen MR) is 119 cm³/mol. The number of nitrogens with zero attached hydrogens (tertiary/aromatic N) is 3. The van der Waals surface area contributed by atoms with Crippen molar-refractivity contribution in [2.75, 3.05) is 10.6 Å². The maximum absolute atomic E-state index is 12.4. The van der Waals surface area contributed by atoms with Gasteiger partial charge in [0.1, 0.15) is 5.69 Å². The van der Waals surface area contributed by atoms with Crippen molar-refractivity contribution in [3.8, 4) is 0 Å². The number of carbonyl (C=O) groups excluding carboxylic acids is 1. The molecule has 2 N–H and O–H groups in total. The molecule has 0 radical (unpaired) electrons. The fourth-order valence-corrected chi connectivity index (χ4v) is 3.16. The zero-order valence-electron chi connectivity index (χ0n) is 16.3. The first kappa shape index (κ1) is 19.6. The van der Waals surface area contributed by atoms with Gasteiger partial charge in [-0.2, -0.15) is 0 Å². The van der Waals surface area contributed by atoms with Gasteiger partial charge in [0, 0.05) is 35.3 Å². The molecule has 0 aliphatic carbocycles. The Morgan fingerprint density at radius 2 is 1.83 bits per heavy atom. The van der Waals surface area contributed by atoms with E-state index >= 15 is 0 Å². The van der Waals surface area contributed by atoms with Crippen molar-refractivity contribution in [3.63, 3.8) is 0 Å². The van der Waals surface area contributed by atoms with Gasteiger partial charge >= 0.3 is 0 Å². The number of amides is 1. The van der Waals surface area contributed by atoms with Gasteiger partial charge in [-0.3, -0.25) is 14.6 Å². The molecule has 0 bridgehead atoms. The molecule has 150 valence electrons. The monoisotopic (exact) mass is 419 g/mol. The number of anilines is 3. The minimum absolute atomic E-state index is 0.115. The lowest BCUT2D eigenvalue weighted by Gasteiger charge is -2.13. The van der Waals surface area contributed by atoms with Crippen LogP contribution in [0, 0.1) is 6.92 Å². The Balaban J connectivity index is 1.61. The topological polar surface area (TPSA) is 88.9 Å². The fourth-order valence-electron chi connectivity index (χ4n) is 3.00. The summed E-state index contributed by atoms with van der Waals surface area (Å²) in [6, 6.07) is 14.1. The zero-order valence-corrected chi connectivity index (χ0v) is 17.1. The second-order valence-electron chi connectivity index (χ2n) is 6.86. The first-order valence-corrected chi connectivity index (χ1v) is 9.54. The summed E-state index contributed by atoms with van der Waals surface area (Å²) < 4.78 is 1.44. The third kappa shape index (κ3) is 4.01. The highest BCUT2D eigenvalue weighted by Crippen LogP contribution is 2.26. The quantitative estimate of drug-likeness (QED) is 0.515. The Morgan fingerprint density at radius 3 is 2.63 bits per heavy atom. The van der Waals surface area contributed by atoms with Crippen LogP contribution in [0.15, 0.2) is 65.8 Å². The molecule has 0 spiro atoms. The van der Waals surface area contributed by atoms with Gasteiger partial charge in [-0.15, -0.1) is 0 Å². The number of halogens is 1. The van der Waals surface area contributed by atoms with Crippen LogP contribution in [0.3, 0.4) is 0 Å². The Kier molecular flexibility index (Phi) is 5.20. The van der Waals surface area contributed by atoms with Gasteiger partial charge in [0.2, 0.25) is 0 Å². The number of pyridine rings is 1. The van der Waals surface area contributed by atoms with Crippen molar-refractivity contribution in [1.29, 1.82) is 0 Å². The smallest absolute Gasteiger partial charge is 0.274 e. The van der Waals surface area contributed by atoms with Crippen LogP contribution in [0.25, 0.3) is 10.9 Å². The molecule has 2 heterocycles. The third-order valence-corrected chi connectivity index (χ3v) is 4.88. The molecule has 4 aromatic rings. The van der Waals surface area contributed by atoms with E-state index in [1.54, 1.807) is 25.2 Å². The number of carbonyl (C=O) groups is 1. The van der Waals surface area contributed by atoms with Crippen molar-refractivity contribution in [2.24, 2.45) is 7.05 Å². The van der Waals surface area contributed by atoms with E-state index in [2.05, 4.69) is 20.6 Å². The first-order chi connectivity index (χ1) is 14.4. The summed E-state index contributed by atoms with van der Waals surface area (Å²) >= 11 is 5.93. The number of aryl methyl sites for hydroxylation is 2. The minimum atomic E-state index is -0.354. The Bertz CT molecular complexity index is 1330. The number of benzene rings is 2. The molecular formula is C22H18ClN5O2. The molecule has 0 aliphatic rings. The molecule has 1 amide bonds. The van der Waals surface area contributed by atoms with Crippen molar-refractivity contribution >= 4 is 45.5 Å². The zero-order chi connectivity index (χ0) is 21.3. The number of nitrogens with one attached hydrogen (secondary N) is 2. The van der Waals surface area contributed by atoms with Gasteiger partial charge < -0.3 is 15.2 Å². The van der Waals surface area contributed by atoms with Gasteiger partial charge in [-0.05, 0) is 55.0 Å². The Morgan fingerprint density at radius 1 is 1.03 bits per heavy atom.